The molecule has 2 atom stereocenters. The van der Waals surface area contributed by atoms with Gasteiger partial charge in [0.1, 0.15) is 23.4 Å². The number of carbonyl (C=O) groups is 2. The van der Waals surface area contributed by atoms with Gasteiger partial charge >= 0.3 is 0 Å². The zero-order valence-electron chi connectivity index (χ0n) is 20.2. The molecule has 1 N–H and O–H groups in total. The molecule has 0 aromatic heterocycles. The molecule has 1 fully saturated rings. The van der Waals surface area contributed by atoms with Crippen LogP contribution in [0.1, 0.15) is 43.5 Å². The van der Waals surface area contributed by atoms with Crippen LogP contribution in [0.3, 0.4) is 0 Å². The molecule has 2 aromatic rings. The summed E-state index contributed by atoms with van der Waals surface area (Å²) < 4.78 is 11.2. The summed E-state index contributed by atoms with van der Waals surface area (Å²) >= 11 is 0. The first kappa shape index (κ1) is 23.8. The molecule has 0 aliphatic carbocycles. The Bertz CT molecular complexity index is 1120. The van der Waals surface area contributed by atoms with E-state index in [0.717, 1.165) is 36.4 Å². The van der Waals surface area contributed by atoms with E-state index in [2.05, 4.69) is 18.7 Å². The van der Waals surface area contributed by atoms with Crippen molar-refractivity contribution in [3.05, 3.63) is 64.7 Å². The van der Waals surface area contributed by atoms with Crippen molar-refractivity contribution in [3.8, 4) is 11.5 Å². The van der Waals surface area contributed by atoms with Crippen LogP contribution < -0.4 is 9.47 Å². The van der Waals surface area contributed by atoms with Gasteiger partial charge in [-0.2, -0.15) is 0 Å². The van der Waals surface area contributed by atoms with E-state index in [4.69, 9.17) is 9.47 Å². The lowest BCUT2D eigenvalue weighted by molar-refractivity contribution is -0.140. The van der Waals surface area contributed by atoms with E-state index < -0.39 is 17.7 Å². The molecule has 7 nitrogen and oxygen atoms in total. The molecule has 1 amide bonds. The number of benzene rings is 2. The van der Waals surface area contributed by atoms with Crippen molar-refractivity contribution in [1.82, 2.24) is 9.80 Å². The van der Waals surface area contributed by atoms with E-state index >= 15 is 0 Å². The number of fused-ring (bicyclic) bond motifs is 1. The van der Waals surface area contributed by atoms with Crippen LogP contribution in [0.5, 0.6) is 11.5 Å². The zero-order chi connectivity index (χ0) is 24.4. The Balaban J connectivity index is 1.79. The van der Waals surface area contributed by atoms with Crippen molar-refractivity contribution in [1.29, 1.82) is 0 Å². The highest BCUT2D eigenvalue weighted by Crippen LogP contribution is 2.41. The molecular weight excluding hydrogens is 432 g/mol. The van der Waals surface area contributed by atoms with Gasteiger partial charge in [-0.15, -0.1) is 0 Å². The molecule has 0 bridgehead atoms. The van der Waals surface area contributed by atoms with Crippen molar-refractivity contribution in [3.63, 3.8) is 0 Å². The Kier molecular flexibility index (Phi) is 6.93. The largest absolute Gasteiger partial charge is 0.507 e. The number of aliphatic hydroxyl groups is 1. The summed E-state index contributed by atoms with van der Waals surface area (Å²) in [5, 5.41) is 11.3. The highest BCUT2D eigenvalue weighted by molar-refractivity contribution is 6.46. The molecule has 180 valence electrons. The number of ketones is 1. The van der Waals surface area contributed by atoms with Crippen molar-refractivity contribution < 1.29 is 24.2 Å². The van der Waals surface area contributed by atoms with Gasteiger partial charge in [-0.1, -0.05) is 26.0 Å². The van der Waals surface area contributed by atoms with Crippen LogP contribution in [-0.4, -0.2) is 66.0 Å². The average Bonchev–Trinajstić information content (AvgIpc) is 3.35. The Morgan fingerprint density at radius 2 is 1.94 bits per heavy atom. The van der Waals surface area contributed by atoms with Gasteiger partial charge in [-0.05, 0) is 61.5 Å². The van der Waals surface area contributed by atoms with Gasteiger partial charge in [0.05, 0.1) is 18.7 Å². The maximum absolute atomic E-state index is 13.3. The van der Waals surface area contributed by atoms with Crippen LogP contribution in [0, 0.1) is 0 Å². The van der Waals surface area contributed by atoms with Crippen LogP contribution in [-0.2, 0) is 16.0 Å². The molecule has 0 radical (unpaired) electrons. The summed E-state index contributed by atoms with van der Waals surface area (Å²) in [6.07, 6.45) is 0.795. The van der Waals surface area contributed by atoms with Gasteiger partial charge in [-0.25, -0.2) is 0 Å². The van der Waals surface area contributed by atoms with Crippen molar-refractivity contribution in [2.24, 2.45) is 0 Å². The summed E-state index contributed by atoms with van der Waals surface area (Å²) in [6, 6.07) is 12.0. The van der Waals surface area contributed by atoms with Gasteiger partial charge in [0.25, 0.3) is 11.7 Å². The molecule has 2 aliphatic heterocycles. The molecule has 2 heterocycles. The summed E-state index contributed by atoms with van der Waals surface area (Å²) in [6.45, 7) is 8.82. The van der Waals surface area contributed by atoms with E-state index in [1.165, 1.54) is 0 Å². The number of amides is 1. The Morgan fingerprint density at radius 3 is 2.65 bits per heavy atom. The average molecular weight is 465 g/mol. The van der Waals surface area contributed by atoms with Gasteiger partial charge in [0.2, 0.25) is 0 Å². The number of methoxy groups -OCH3 is 1. The van der Waals surface area contributed by atoms with Gasteiger partial charge < -0.3 is 24.4 Å². The second-order valence-electron chi connectivity index (χ2n) is 8.75. The lowest BCUT2D eigenvalue weighted by Crippen LogP contribution is -2.38. The Labute approximate surface area is 200 Å². The number of nitrogens with zero attached hydrogens (tertiary/aromatic N) is 2. The molecule has 7 heteroatoms. The number of aliphatic hydroxyl groups excluding tert-OH is 1. The maximum Gasteiger partial charge on any atom is 0.295 e. The van der Waals surface area contributed by atoms with Crippen molar-refractivity contribution in [2.45, 2.75) is 39.3 Å². The number of likely N-dealkylation sites (N-methyl/N-ethyl adjacent to an activating group) is 1. The van der Waals surface area contributed by atoms with Crippen LogP contribution in [0.4, 0.5) is 0 Å². The van der Waals surface area contributed by atoms with Crippen molar-refractivity contribution in [2.75, 3.05) is 33.3 Å². The first-order chi connectivity index (χ1) is 16.4. The quantitative estimate of drug-likeness (QED) is 0.364. The molecule has 1 saturated heterocycles. The molecule has 2 aliphatic rings. The minimum absolute atomic E-state index is 0.0647. The fourth-order valence-corrected chi connectivity index (χ4v) is 4.78. The third-order valence-corrected chi connectivity index (χ3v) is 6.67. The molecule has 0 unspecified atom stereocenters. The number of ether oxygens (including phenoxy) is 2. The SMILES string of the molecule is CCN(CC)CCN1C(=O)C(=O)C(=C(O)c2ccc3c(c2)C[C@@H](C)O3)[C@@H]1c1cccc(OC)c1. The monoisotopic (exact) mass is 464 g/mol. The van der Waals surface area contributed by atoms with E-state index in [1.54, 1.807) is 18.1 Å². The summed E-state index contributed by atoms with van der Waals surface area (Å²) in [5.41, 5.74) is 2.30. The molecule has 0 spiro atoms. The maximum atomic E-state index is 13.3. The second kappa shape index (κ2) is 9.89. The predicted molar refractivity (Wildman–Crippen MR) is 130 cm³/mol. The minimum atomic E-state index is -0.700. The highest BCUT2D eigenvalue weighted by atomic mass is 16.5. The van der Waals surface area contributed by atoms with Crippen molar-refractivity contribution >= 4 is 17.4 Å². The summed E-state index contributed by atoms with van der Waals surface area (Å²) in [5.74, 6) is -0.0305. The van der Waals surface area contributed by atoms with Gasteiger partial charge in [0.15, 0.2) is 0 Å². The fraction of sp³-hybridized carbons (Fsp3) is 0.407. The van der Waals surface area contributed by atoms with Gasteiger partial charge in [0, 0.05) is 25.1 Å². The smallest absolute Gasteiger partial charge is 0.295 e. The fourth-order valence-electron chi connectivity index (χ4n) is 4.78. The minimum Gasteiger partial charge on any atom is -0.507 e. The summed E-state index contributed by atoms with van der Waals surface area (Å²) in [4.78, 5) is 30.2. The topological polar surface area (TPSA) is 79.3 Å². The number of rotatable bonds is 8. The van der Waals surface area contributed by atoms with Gasteiger partial charge in [-0.3, -0.25) is 9.59 Å². The third-order valence-electron chi connectivity index (χ3n) is 6.67. The number of hydrogen-bond acceptors (Lipinski definition) is 6. The molecule has 0 saturated carbocycles. The lowest BCUT2D eigenvalue weighted by atomic mass is 9.94. The Morgan fingerprint density at radius 1 is 1.18 bits per heavy atom. The number of likely N-dealkylation sites (tertiary alicyclic amines) is 1. The number of hydrogen-bond donors (Lipinski definition) is 1. The lowest BCUT2D eigenvalue weighted by Gasteiger charge is -2.28. The summed E-state index contributed by atoms with van der Waals surface area (Å²) in [7, 11) is 1.57. The normalized spacial score (nSPS) is 21.1. The van der Waals surface area contributed by atoms with Crippen LogP contribution in [0.25, 0.3) is 5.76 Å². The molecule has 4 rings (SSSR count). The number of Topliss-reactive ketones (excluding diaryl/α,β-unsaturated/α-hetero) is 1. The number of carbonyl (C=O) groups excluding carboxylic acids is 2. The van der Waals surface area contributed by atoms with E-state index in [-0.39, 0.29) is 17.4 Å². The third kappa shape index (κ3) is 4.40. The first-order valence-corrected chi connectivity index (χ1v) is 11.8. The Hall–Kier alpha value is -3.32. The molecule has 34 heavy (non-hydrogen) atoms. The van der Waals surface area contributed by atoms with E-state index in [1.807, 2.05) is 43.3 Å². The van der Waals surface area contributed by atoms with E-state index in [0.29, 0.717) is 24.4 Å². The van der Waals surface area contributed by atoms with Crippen LogP contribution >= 0.6 is 0 Å². The standard InChI is InChI=1S/C27H32N2O5/c1-5-28(6-2)12-13-29-24(18-8-7-9-21(16-18)33-4)23(26(31)27(29)32)25(30)19-10-11-22-20(15-19)14-17(3)34-22/h7-11,15-17,24,30H,5-6,12-14H2,1-4H3/t17-,24+/m1/s1. The molecule has 2 aromatic carbocycles. The van der Waals surface area contributed by atoms with Crippen LogP contribution in [0.2, 0.25) is 0 Å². The van der Waals surface area contributed by atoms with E-state index in [9.17, 15) is 14.7 Å². The predicted octanol–water partition coefficient (Wildman–Crippen LogP) is 3.78. The van der Waals surface area contributed by atoms with Crippen LogP contribution in [0.15, 0.2) is 48.0 Å². The second-order valence-corrected chi connectivity index (χ2v) is 8.75. The molecular formula is C27H32N2O5. The highest BCUT2D eigenvalue weighted by Gasteiger charge is 2.46. The first-order valence-electron chi connectivity index (χ1n) is 11.8. The zero-order valence-corrected chi connectivity index (χ0v) is 20.2.